The minimum absolute atomic E-state index is 0.0161. The van der Waals surface area contributed by atoms with Gasteiger partial charge in [0.2, 0.25) is 5.91 Å². The van der Waals surface area contributed by atoms with Crippen LogP contribution in [0.15, 0.2) is 0 Å². The summed E-state index contributed by atoms with van der Waals surface area (Å²) >= 11 is 0. The highest BCUT2D eigenvalue weighted by Crippen LogP contribution is 2.38. The Morgan fingerprint density at radius 2 is 0.925 bits per heavy atom. The Balaban J connectivity index is 4.32. The highest BCUT2D eigenvalue weighted by Gasteiger charge is 2.24. The lowest BCUT2D eigenvalue weighted by molar-refractivity contribution is -0.870. The predicted molar refractivity (Wildman–Crippen MR) is 224 cm³/mol. The number of aliphatic hydroxyl groups is 1. The second kappa shape index (κ2) is 37.1. The molecule has 2 N–H and O–H groups in total. The minimum Gasteiger partial charge on any atom is -0.756 e. The number of quaternary nitrogens is 1. The third kappa shape index (κ3) is 39.5. The summed E-state index contributed by atoms with van der Waals surface area (Å²) in [5, 5.41) is 13.9. The fourth-order valence-electron chi connectivity index (χ4n) is 6.92. The summed E-state index contributed by atoms with van der Waals surface area (Å²) in [6.07, 6.45) is 39.5. The van der Waals surface area contributed by atoms with Crippen LogP contribution < -0.4 is 10.2 Å². The van der Waals surface area contributed by atoms with Gasteiger partial charge in [-0.15, -0.1) is 0 Å². The Kier molecular flexibility index (Phi) is 36.7. The van der Waals surface area contributed by atoms with Gasteiger partial charge >= 0.3 is 0 Å². The van der Waals surface area contributed by atoms with Crippen LogP contribution in [0.2, 0.25) is 0 Å². The summed E-state index contributed by atoms with van der Waals surface area (Å²) in [6, 6.07) is -0.792. The van der Waals surface area contributed by atoms with Gasteiger partial charge in [-0.1, -0.05) is 206 Å². The lowest BCUT2D eigenvalue weighted by Crippen LogP contribution is -2.46. The number of hydrogen-bond donors (Lipinski definition) is 2. The highest BCUT2D eigenvalue weighted by molar-refractivity contribution is 7.45. The van der Waals surface area contributed by atoms with Gasteiger partial charge in [-0.25, -0.2) is 0 Å². The molecule has 53 heavy (non-hydrogen) atoms. The van der Waals surface area contributed by atoms with Crippen molar-refractivity contribution in [1.29, 1.82) is 0 Å². The van der Waals surface area contributed by atoms with Crippen molar-refractivity contribution in [2.24, 2.45) is 0 Å². The maximum atomic E-state index is 12.9. The molecule has 0 bridgehead atoms. The Hall–Kier alpha value is -0.500. The van der Waals surface area contributed by atoms with E-state index in [-0.39, 0.29) is 19.1 Å². The maximum Gasteiger partial charge on any atom is 0.268 e. The van der Waals surface area contributed by atoms with Crippen molar-refractivity contribution < 1.29 is 32.9 Å². The van der Waals surface area contributed by atoms with Crippen LogP contribution in [-0.2, 0) is 18.4 Å². The van der Waals surface area contributed by atoms with Crippen LogP contribution in [0.1, 0.15) is 226 Å². The van der Waals surface area contributed by atoms with Crippen molar-refractivity contribution in [2.45, 2.75) is 238 Å². The molecule has 0 aliphatic carbocycles. The molecule has 1 unspecified atom stereocenters. The molecule has 1 amide bonds. The number of unbranched alkanes of at least 4 members (excludes halogenated alkanes) is 29. The van der Waals surface area contributed by atoms with E-state index in [0.29, 0.717) is 23.9 Å². The average molecular weight is 775 g/mol. The molecule has 318 valence electrons. The first-order chi connectivity index (χ1) is 25.5. The van der Waals surface area contributed by atoms with E-state index in [9.17, 15) is 19.4 Å². The van der Waals surface area contributed by atoms with Gasteiger partial charge < -0.3 is 28.8 Å². The van der Waals surface area contributed by atoms with Crippen molar-refractivity contribution >= 4 is 13.7 Å². The quantitative estimate of drug-likeness (QED) is 0.0363. The van der Waals surface area contributed by atoms with Gasteiger partial charge in [-0.05, 0) is 12.8 Å². The summed E-state index contributed by atoms with van der Waals surface area (Å²) in [6.45, 7) is 4.74. The van der Waals surface area contributed by atoms with E-state index in [0.717, 1.165) is 38.5 Å². The van der Waals surface area contributed by atoms with Gasteiger partial charge in [0, 0.05) is 6.42 Å². The zero-order valence-corrected chi connectivity index (χ0v) is 36.9. The third-order valence-corrected chi connectivity index (χ3v) is 11.6. The molecule has 0 aromatic carbocycles. The molecule has 0 aliphatic rings. The number of amides is 1. The zero-order chi connectivity index (χ0) is 39.3. The van der Waals surface area contributed by atoms with Crippen molar-refractivity contribution in [3.8, 4) is 0 Å². The van der Waals surface area contributed by atoms with Crippen LogP contribution in [0, 0.1) is 0 Å². The van der Waals surface area contributed by atoms with Crippen LogP contribution in [0.5, 0.6) is 0 Å². The van der Waals surface area contributed by atoms with Gasteiger partial charge in [0.1, 0.15) is 13.2 Å². The van der Waals surface area contributed by atoms with Gasteiger partial charge in [0.05, 0.1) is 39.9 Å². The van der Waals surface area contributed by atoms with E-state index in [1.54, 1.807) is 0 Å². The van der Waals surface area contributed by atoms with Gasteiger partial charge in [-0.3, -0.25) is 9.36 Å². The summed E-state index contributed by atoms with van der Waals surface area (Å²) in [5.41, 5.74) is 0. The fourth-order valence-corrected chi connectivity index (χ4v) is 7.65. The van der Waals surface area contributed by atoms with Gasteiger partial charge in [0.15, 0.2) is 0 Å². The van der Waals surface area contributed by atoms with E-state index in [2.05, 4.69) is 19.2 Å². The highest BCUT2D eigenvalue weighted by atomic mass is 31.2. The summed E-state index contributed by atoms with van der Waals surface area (Å²) in [7, 11) is 1.32. The standard InChI is InChI=1S/C44H91N2O6P/c1-6-8-10-12-14-16-18-20-22-24-25-27-29-31-33-35-37-43(47)42(41-52-53(49,50)51-40-39-46(3,4)5)45-44(48)38-36-34-32-30-28-26-23-21-19-17-15-13-11-9-7-2/h42-43,47H,6-41H2,1-5H3,(H-,45,48,49,50)/t42-,43+/m0/s1. The SMILES string of the molecule is CCCCCCCCCCCCCCCCCC[C@@H](O)[C@H](COP(=O)([O-])OCC[N+](C)(C)C)NC(=O)CCCCCCCCCCCCCCCCC. The van der Waals surface area contributed by atoms with E-state index >= 15 is 0 Å². The lowest BCUT2D eigenvalue weighted by Gasteiger charge is -2.30. The second-order valence-corrected chi connectivity index (χ2v) is 18.5. The number of phosphoric acid groups is 1. The molecule has 0 aliphatic heterocycles. The largest absolute Gasteiger partial charge is 0.756 e. The first-order valence-corrected chi connectivity index (χ1v) is 24.3. The third-order valence-electron chi connectivity index (χ3n) is 10.6. The second-order valence-electron chi connectivity index (χ2n) is 17.1. The molecular formula is C44H91N2O6P. The van der Waals surface area contributed by atoms with Crippen molar-refractivity contribution in [3.63, 3.8) is 0 Å². The van der Waals surface area contributed by atoms with Gasteiger partial charge in [-0.2, -0.15) is 0 Å². The normalized spacial score (nSPS) is 14.3. The first-order valence-electron chi connectivity index (χ1n) is 22.9. The molecule has 3 atom stereocenters. The number of phosphoric ester groups is 1. The van der Waals surface area contributed by atoms with Crippen molar-refractivity contribution in [3.05, 3.63) is 0 Å². The molecule has 0 radical (unpaired) electrons. The van der Waals surface area contributed by atoms with Crippen molar-refractivity contribution in [2.75, 3.05) is 40.9 Å². The Bertz CT molecular complexity index is 839. The number of hydrogen-bond acceptors (Lipinski definition) is 6. The van der Waals surface area contributed by atoms with Crippen LogP contribution >= 0.6 is 7.82 Å². The van der Waals surface area contributed by atoms with Crippen LogP contribution in [-0.4, -0.2) is 68.5 Å². The molecule has 9 heteroatoms. The molecule has 0 saturated heterocycles. The fraction of sp³-hybridized carbons (Fsp3) is 0.977. The Morgan fingerprint density at radius 1 is 0.585 bits per heavy atom. The smallest absolute Gasteiger partial charge is 0.268 e. The van der Waals surface area contributed by atoms with E-state index in [1.165, 1.54) is 161 Å². The van der Waals surface area contributed by atoms with E-state index in [4.69, 9.17) is 9.05 Å². The van der Waals surface area contributed by atoms with E-state index < -0.39 is 20.0 Å². The topological polar surface area (TPSA) is 108 Å². The van der Waals surface area contributed by atoms with E-state index in [1.807, 2.05) is 21.1 Å². The molecule has 0 rings (SSSR count). The van der Waals surface area contributed by atoms with Crippen LogP contribution in [0.4, 0.5) is 0 Å². The Morgan fingerprint density at radius 3 is 1.28 bits per heavy atom. The molecule has 0 heterocycles. The molecule has 0 aromatic heterocycles. The molecule has 0 aromatic rings. The molecule has 0 spiro atoms. The number of nitrogens with one attached hydrogen (secondary N) is 1. The minimum atomic E-state index is -4.56. The summed E-state index contributed by atoms with van der Waals surface area (Å²) in [5.74, 6) is -0.161. The number of aliphatic hydroxyl groups excluding tert-OH is 1. The number of rotatable bonds is 42. The molecule has 0 fully saturated rings. The van der Waals surface area contributed by atoms with Crippen molar-refractivity contribution in [1.82, 2.24) is 5.32 Å². The monoisotopic (exact) mass is 775 g/mol. The Labute approximate surface area is 329 Å². The number of carbonyl (C=O) groups excluding carboxylic acids is 1. The summed E-state index contributed by atoms with van der Waals surface area (Å²) < 4.78 is 23.3. The predicted octanol–water partition coefficient (Wildman–Crippen LogP) is 12.0. The van der Waals surface area contributed by atoms with Crippen LogP contribution in [0.3, 0.4) is 0 Å². The maximum absolute atomic E-state index is 12.9. The van der Waals surface area contributed by atoms with Gasteiger partial charge in [0.25, 0.3) is 7.82 Å². The number of carbonyl (C=O) groups is 1. The first kappa shape index (κ1) is 52.5. The molecular weight excluding hydrogens is 683 g/mol. The number of nitrogens with zero attached hydrogens (tertiary/aromatic N) is 1. The average Bonchev–Trinajstić information content (AvgIpc) is 3.10. The number of likely N-dealkylation sites (N-methyl/N-ethyl adjacent to an activating group) is 1. The lowest BCUT2D eigenvalue weighted by atomic mass is 10.0. The molecule has 8 nitrogen and oxygen atoms in total. The zero-order valence-electron chi connectivity index (χ0n) is 36.0. The van der Waals surface area contributed by atoms with Crippen LogP contribution in [0.25, 0.3) is 0 Å². The molecule has 0 saturated carbocycles. The summed E-state index contributed by atoms with van der Waals surface area (Å²) in [4.78, 5) is 25.3.